The Morgan fingerprint density at radius 3 is 3.00 bits per heavy atom. The van der Waals surface area contributed by atoms with E-state index in [0.29, 0.717) is 26.1 Å². The molecule has 0 bridgehead atoms. The number of carbonyl (C=O) groups is 1. The van der Waals surface area contributed by atoms with Gasteiger partial charge < -0.3 is 15.4 Å². The maximum absolute atomic E-state index is 12.8. The van der Waals surface area contributed by atoms with E-state index >= 15 is 0 Å². The highest BCUT2D eigenvalue weighted by Gasteiger charge is 2.31. The van der Waals surface area contributed by atoms with Crippen molar-refractivity contribution in [1.82, 2.24) is 24.6 Å². The highest BCUT2D eigenvalue weighted by Crippen LogP contribution is 2.30. The Bertz CT molecular complexity index is 986. The number of likely N-dealkylation sites (tertiary alicyclic amines) is 1. The summed E-state index contributed by atoms with van der Waals surface area (Å²) in [6, 6.07) is 7.64. The lowest BCUT2D eigenvalue weighted by Crippen LogP contribution is -2.30. The van der Waals surface area contributed by atoms with Gasteiger partial charge in [-0.1, -0.05) is 12.1 Å². The minimum atomic E-state index is 0.118. The van der Waals surface area contributed by atoms with Crippen LogP contribution in [0.25, 0.3) is 11.2 Å². The zero-order chi connectivity index (χ0) is 19.5. The van der Waals surface area contributed by atoms with E-state index < -0.39 is 0 Å². The summed E-state index contributed by atoms with van der Waals surface area (Å²) >= 11 is 0. The predicted octanol–water partition coefficient (Wildman–Crippen LogP) is 1.35. The molecule has 3 aromatic rings. The molecular weight excluding hydrogens is 356 g/mol. The topological polar surface area (TPSA) is 99.2 Å². The van der Waals surface area contributed by atoms with Crippen molar-refractivity contribution in [3.8, 4) is 5.75 Å². The Balaban J connectivity index is 1.49. The van der Waals surface area contributed by atoms with Gasteiger partial charge in [-0.2, -0.15) is 5.10 Å². The number of aromatic nitrogens is 4. The molecule has 0 radical (unpaired) electrons. The van der Waals surface area contributed by atoms with Crippen molar-refractivity contribution in [1.29, 1.82) is 0 Å². The standard InChI is InChI=1S/C20H24N6O2/c1-28-16-4-2-3-14(11-16)12-17(27)25-9-5-15(13-25)18-19-20(23-8-7-22-19)26(24-18)10-6-21/h2-4,7-8,11,15H,5-6,9-10,12-13,21H2,1H3. The van der Waals surface area contributed by atoms with E-state index in [1.807, 2.05) is 33.8 Å². The van der Waals surface area contributed by atoms with Crippen LogP contribution in [0.2, 0.25) is 0 Å². The average Bonchev–Trinajstić information content (AvgIpc) is 3.34. The Labute approximate surface area is 163 Å². The van der Waals surface area contributed by atoms with Gasteiger partial charge in [0.05, 0.1) is 25.8 Å². The maximum Gasteiger partial charge on any atom is 0.227 e. The van der Waals surface area contributed by atoms with Gasteiger partial charge in [0.1, 0.15) is 11.3 Å². The van der Waals surface area contributed by atoms with Crippen molar-refractivity contribution >= 4 is 17.1 Å². The number of hydrogen-bond donors (Lipinski definition) is 1. The van der Waals surface area contributed by atoms with Crippen LogP contribution in [0.4, 0.5) is 0 Å². The molecule has 1 aliphatic heterocycles. The summed E-state index contributed by atoms with van der Waals surface area (Å²) in [6.45, 7) is 2.45. The Hall–Kier alpha value is -3.00. The molecule has 1 atom stereocenters. The molecule has 1 amide bonds. The van der Waals surface area contributed by atoms with Gasteiger partial charge in [0.15, 0.2) is 5.65 Å². The van der Waals surface area contributed by atoms with Gasteiger partial charge in [-0.25, -0.2) is 14.6 Å². The van der Waals surface area contributed by atoms with E-state index in [0.717, 1.165) is 41.1 Å². The molecule has 4 rings (SSSR count). The molecule has 1 saturated heterocycles. The van der Waals surface area contributed by atoms with Crippen molar-refractivity contribution in [3.05, 3.63) is 47.9 Å². The van der Waals surface area contributed by atoms with E-state index in [4.69, 9.17) is 15.6 Å². The minimum Gasteiger partial charge on any atom is -0.497 e. The summed E-state index contributed by atoms with van der Waals surface area (Å²) in [6.07, 6.45) is 4.58. The van der Waals surface area contributed by atoms with Crippen LogP contribution >= 0.6 is 0 Å². The normalized spacial score (nSPS) is 16.6. The van der Waals surface area contributed by atoms with Crippen LogP contribution in [0.1, 0.15) is 23.6 Å². The Kier molecular flexibility index (Phi) is 5.21. The molecular formula is C20H24N6O2. The Morgan fingerprint density at radius 2 is 2.18 bits per heavy atom. The number of ether oxygens (including phenoxy) is 1. The molecule has 2 aromatic heterocycles. The van der Waals surface area contributed by atoms with Gasteiger partial charge in [0, 0.05) is 37.9 Å². The van der Waals surface area contributed by atoms with Gasteiger partial charge in [-0.15, -0.1) is 0 Å². The van der Waals surface area contributed by atoms with Crippen LogP contribution in [0.15, 0.2) is 36.7 Å². The molecule has 1 unspecified atom stereocenters. The van der Waals surface area contributed by atoms with Crippen molar-refractivity contribution < 1.29 is 9.53 Å². The van der Waals surface area contributed by atoms with Gasteiger partial charge in [-0.05, 0) is 24.1 Å². The van der Waals surface area contributed by atoms with Gasteiger partial charge in [0.25, 0.3) is 0 Å². The second-order valence-electron chi connectivity index (χ2n) is 6.98. The number of nitrogens with two attached hydrogens (primary N) is 1. The molecule has 1 aliphatic rings. The number of benzene rings is 1. The number of fused-ring (bicyclic) bond motifs is 1. The maximum atomic E-state index is 12.8. The zero-order valence-corrected chi connectivity index (χ0v) is 15.9. The van der Waals surface area contributed by atoms with E-state index in [1.54, 1.807) is 19.5 Å². The third-order valence-corrected chi connectivity index (χ3v) is 5.15. The van der Waals surface area contributed by atoms with Crippen LogP contribution in [-0.2, 0) is 17.8 Å². The van der Waals surface area contributed by atoms with Crippen molar-refractivity contribution in [2.24, 2.45) is 5.73 Å². The fourth-order valence-corrected chi connectivity index (χ4v) is 3.76. The average molecular weight is 380 g/mol. The molecule has 2 N–H and O–H groups in total. The first-order chi connectivity index (χ1) is 13.7. The predicted molar refractivity (Wildman–Crippen MR) is 105 cm³/mol. The fourth-order valence-electron chi connectivity index (χ4n) is 3.76. The Morgan fingerprint density at radius 1 is 1.32 bits per heavy atom. The van der Waals surface area contributed by atoms with Gasteiger partial charge in [0.2, 0.25) is 5.91 Å². The number of methoxy groups -OCH3 is 1. The third-order valence-electron chi connectivity index (χ3n) is 5.15. The molecule has 0 spiro atoms. The first-order valence-electron chi connectivity index (χ1n) is 9.47. The van der Waals surface area contributed by atoms with Gasteiger partial charge in [-0.3, -0.25) is 4.79 Å². The summed E-state index contributed by atoms with van der Waals surface area (Å²) in [7, 11) is 1.63. The van der Waals surface area contributed by atoms with Crippen LogP contribution < -0.4 is 10.5 Å². The molecule has 8 nitrogen and oxygen atoms in total. The smallest absolute Gasteiger partial charge is 0.227 e. The molecule has 1 fully saturated rings. The number of rotatable bonds is 6. The first-order valence-corrected chi connectivity index (χ1v) is 9.47. The lowest BCUT2D eigenvalue weighted by molar-refractivity contribution is -0.129. The summed E-state index contributed by atoms with van der Waals surface area (Å²) in [4.78, 5) is 23.6. The highest BCUT2D eigenvalue weighted by atomic mass is 16.5. The van der Waals surface area contributed by atoms with Crippen LogP contribution in [0, 0.1) is 0 Å². The van der Waals surface area contributed by atoms with Crippen LogP contribution in [0.3, 0.4) is 0 Å². The van der Waals surface area contributed by atoms with Crippen LogP contribution in [0.5, 0.6) is 5.75 Å². The van der Waals surface area contributed by atoms with Crippen molar-refractivity contribution in [2.75, 3.05) is 26.7 Å². The number of hydrogen-bond acceptors (Lipinski definition) is 6. The van der Waals surface area contributed by atoms with Crippen LogP contribution in [-0.4, -0.2) is 57.3 Å². The minimum absolute atomic E-state index is 0.118. The van der Waals surface area contributed by atoms with Gasteiger partial charge >= 0.3 is 0 Å². The summed E-state index contributed by atoms with van der Waals surface area (Å²) < 4.78 is 7.06. The SMILES string of the molecule is COc1cccc(CC(=O)N2CCC(c3nn(CCN)c4nccnc34)C2)c1. The molecule has 0 aliphatic carbocycles. The summed E-state index contributed by atoms with van der Waals surface area (Å²) in [5.41, 5.74) is 9.13. The fraction of sp³-hybridized carbons (Fsp3) is 0.400. The molecule has 0 saturated carbocycles. The van der Waals surface area contributed by atoms with E-state index in [2.05, 4.69) is 9.97 Å². The van der Waals surface area contributed by atoms with Crippen molar-refractivity contribution in [2.45, 2.75) is 25.3 Å². The quantitative estimate of drug-likeness (QED) is 0.693. The number of carbonyl (C=O) groups excluding carboxylic acids is 1. The second-order valence-corrected chi connectivity index (χ2v) is 6.98. The molecule has 28 heavy (non-hydrogen) atoms. The molecule has 8 heteroatoms. The lowest BCUT2D eigenvalue weighted by Gasteiger charge is -2.16. The third kappa shape index (κ3) is 3.55. The monoisotopic (exact) mass is 380 g/mol. The highest BCUT2D eigenvalue weighted by molar-refractivity contribution is 5.80. The van der Waals surface area contributed by atoms with E-state index in [-0.39, 0.29) is 11.8 Å². The molecule has 3 heterocycles. The first kappa shape index (κ1) is 18.4. The summed E-state index contributed by atoms with van der Waals surface area (Å²) in [5.74, 6) is 1.04. The lowest BCUT2D eigenvalue weighted by atomic mass is 10.0. The van der Waals surface area contributed by atoms with E-state index in [1.165, 1.54) is 0 Å². The number of amides is 1. The summed E-state index contributed by atoms with van der Waals surface area (Å²) in [5, 5.41) is 4.72. The van der Waals surface area contributed by atoms with E-state index in [9.17, 15) is 4.79 Å². The largest absolute Gasteiger partial charge is 0.497 e. The molecule has 146 valence electrons. The zero-order valence-electron chi connectivity index (χ0n) is 15.9. The van der Waals surface area contributed by atoms with Crippen molar-refractivity contribution in [3.63, 3.8) is 0 Å². The molecule has 1 aromatic carbocycles. The number of nitrogens with zero attached hydrogens (tertiary/aromatic N) is 5. The second kappa shape index (κ2) is 7.93.